The third-order valence-corrected chi connectivity index (χ3v) is 4.90. The van der Waals surface area contributed by atoms with Gasteiger partial charge in [-0.25, -0.2) is 9.97 Å². The number of piperidine rings is 1. The molecule has 0 atom stereocenters. The Kier molecular flexibility index (Phi) is 5.67. The molecule has 3 rings (SSSR count). The van der Waals surface area contributed by atoms with E-state index in [4.69, 9.17) is 11.6 Å². The highest BCUT2D eigenvalue weighted by molar-refractivity contribution is 6.30. The van der Waals surface area contributed by atoms with Crippen molar-refractivity contribution in [3.63, 3.8) is 0 Å². The Morgan fingerprint density at radius 2 is 2.00 bits per heavy atom. The lowest BCUT2D eigenvalue weighted by molar-refractivity contribution is -0.137. The van der Waals surface area contributed by atoms with Crippen LogP contribution in [0.2, 0.25) is 5.15 Å². The molecule has 0 bridgehead atoms. The second kappa shape index (κ2) is 7.80. The maximum atomic E-state index is 12.8. The standard InChI is InChI=1S/C18H20ClF3N4/c1-2-11-9-13(12-5-7-23-8-6-12)3-4-15(11)25-17-24-10-14(16(19)26-17)18(20,21)22/h3-4,9-10,12,23H,2,5-8H2,1H3,(H,24,25,26). The van der Waals surface area contributed by atoms with Gasteiger partial charge < -0.3 is 10.6 Å². The van der Waals surface area contributed by atoms with Crippen molar-refractivity contribution in [2.45, 2.75) is 38.3 Å². The number of nitrogens with zero attached hydrogens (tertiary/aromatic N) is 2. The molecule has 0 radical (unpaired) electrons. The van der Waals surface area contributed by atoms with Gasteiger partial charge in [-0.3, -0.25) is 0 Å². The third kappa shape index (κ3) is 4.27. The van der Waals surface area contributed by atoms with E-state index in [0.717, 1.165) is 43.6 Å². The van der Waals surface area contributed by atoms with Gasteiger partial charge in [-0.2, -0.15) is 13.2 Å². The van der Waals surface area contributed by atoms with Crippen LogP contribution in [-0.2, 0) is 12.6 Å². The molecule has 0 saturated carbocycles. The zero-order valence-electron chi connectivity index (χ0n) is 14.3. The molecule has 1 saturated heterocycles. The summed E-state index contributed by atoms with van der Waals surface area (Å²) in [6.45, 7) is 4.07. The van der Waals surface area contributed by atoms with Gasteiger partial charge in [0.2, 0.25) is 5.95 Å². The summed E-state index contributed by atoms with van der Waals surface area (Å²) < 4.78 is 38.3. The molecule has 0 aliphatic carbocycles. The Labute approximate surface area is 155 Å². The normalized spacial score (nSPS) is 15.9. The molecule has 1 fully saturated rings. The number of aromatic nitrogens is 2. The molecule has 26 heavy (non-hydrogen) atoms. The predicted octanol–water partition coefficient (Wildman–Crippen LogP) is 4.92. The summed E-state index contributed by atoms with van der Waals surface area (Å²) in [7, 11) is 0. The number of anilines is 2. The van der Waals surface area contributed by atoms with E-state index in [0.29, 0.717) is 12.1 Å². The number of halogens is 4. The molecule has 2 aromatic rings. The minimum absolute atomic E-state index is 0.0484. The maximum Gasteiger partial charge on any atom is 0.420 e. The van der Waals surface area contributed by atoms with Crippen LogP contribution in [0.25, 0.3) is 0 Å². The Hall–Kier alpha value is -1.86. The molecule has 0 unspecified atom stereocenters. The maximum absolute atomic E-state index is 12.8. The molecule has 4 nitrogen and oxygen atoms in total. The van der Waals surface area contributed by atoms with Crippen molar-refractivity contribution in [2.24, 2.45) is 0 Å². The first-order valence-electron chi connectivity index (χ1n) is 8.58. The Bertz CT molecular complexity index is 774. The van der Waals surface area contributed by atoms with Gasteiger partial charge in [0.05, 0.1) is 0 Å². The lowest BCUT2D eigenvalue weighted by atomic mass is 9.88. The van der Waals surface area contributed by atoms with Gasteiger partial charge in [0, 0.05) is 11.9 Å². The molecule has 140 valence electrons. The van der Waals surface area contributed by atoms with Gasteiger partial charge in [0.25, 0.3) is 0 Å². The fraction of sp³-hybridized carbons (Fsp3) is 0.444. The lowest BCUT2D eigenvalue weighted by Crippen LogP contribution is -2.26. The summed E-state index contributed by atoms with van der Waals surface area (Å²) in [4.78, 5) is 7.49. The Morgan fingerprint density at radius 1 is 1.27 bits per heavy atom. The van der Waals surface area contributed by atoms with Gasteiger partial charge in [0.15, 0.2) is 0 Å². The second-order valence-corrected chi connectivity index (χ2v) is 6.67. The van der Waals surface area contributed by atoms with E-state index < -0.39 is 16.9 Å². The van der Waals surface area contributed by atoms with E-state index in [2.05, 4.69) is 32.7 Å². The highest BCUT2D eigenvalue weighted by Crippen LogP contribution is 2.34. The zero-order valence-corrected chi connectivity index (χ0v) is 15.1. The van der Waals surface area contributed by atoms with E-state index >= 15 is 0 Å². The number of hydrogen-bond donors (Lipinski definition) is 2. The molecule has 2 N–H and O–H groups in total. The van der Waals surface area contributed by atoms with Crippen molar-refractivity contribution < 1.29 is 13.2 Å². The van der Waals surface area contributed by atoms with E-state index in [1.807, 2.05) is 13.0 Å². The van der Waals surface area contributed by atoms with Crippen molar-refractivity contribution in [3.8, 4) is 0 Å². The Balaban J connectivity index is 1.82. The molecule has 2 heterocycles. The molecule has 1 aliphatic rings. The number of benzene rings is 1. The number of rotatable bonds is 4. The molecular formula is C18H20ClF3N4. The molecule has 0 amide bonds. The van der Waals surface area contributed by atoms with Crippen molar-refractivity contribution in [1.82, 2.24) is 15.3 Å². The highest BCUT2D eigenvalue weighted by Gasteiger charge is 2.34. The number of hydrogen-bond acceptors (Lipinski definition) is 4. The summed E-state index contributed by atoms with van der Waals surface area (Å²) >= 11 is 5.66. The van der Waals surface area contributed by atoms with E-state index in [1.54, 1.807) is 0 Å². The number of alkyl halides is 3. The van der Waals surface area contributed by atoms with Crippen LogP contribution in [0.15, 0.2) is 24.4 Å². The average Bonchev–Trinajstić information content (AvgIpc) is 2.62. The Morgan fingerprint density at radius 3 is 2.62 bits per heavy atom. The molecule has 1 aliphatic heterocycles. The predicted molar refractivity (Wildman–Crippen MR) is 96.0 cm³/mol. The number of aryl methyl sites for hydroxylation is 1. The van der Waals surface area contributed by atoms with E-state index in [1.165, 1.54) is 5.56 Å². The molecular weight excluding hydrogens is 365 g/mol. The minimum atomic E-state index is -4.57. The monoisotopic (exact) mass is 384 g/mol. The minimum Gasteiger partial charge on any atom is -0.324 e. The fourth-order valence-electron chi connectivity index (χ4n) is 3.17. The van der Waals surface area contributed by atoms with Crippen LogP contribution in [0.5, 0.6) is 0 Å². The van der Waals surface area contributed by atoms with Crippen LogP contribution in [-0.4, -0.2) is 23.1 Å². The van der Waals surface area contributed by atoms with Crippen LogP contribution in [0.1, 0.15) is 42.4 Å². The molecule has 1 aromatic heterocycles. The van der Waals surface area contributed by atoms with Gasteiger partial charge in [-0.05, 0) is 55.5 Å². The van der Waals surface area contributed by atoms with Gasteiger partial charge in [-0.1, -0.05) is 30.7 Å². The number of nitrogens with one attached hydrogen (secondary N) is 2. The van der Waals surface area contributed by atoms with Crippen molar-refractivity contribution in [3.05, 3.63) is 46.2 Å². The van der Waals surface area contributed by atoms with Gasteiger partial charge >= 0.3 is 6.18 Å². The fourth-order valence-corrected chi connectivity index (χ4v) is 3.41. The quantitative estimate of drug-likeness (QED) is 0.734. The van der Waals surface area contributed by atoms with E-state index in [-0.39, 0.29) is 5.95 Å². The summed E-state index contributed by atoms with van der Waals surface area (Å²) in [6.07, 6.45) is -0.871. The zero-order chi connectivity index (χ0) is 18.7. The van der Waals surface area contributed by atoms with Gasteiger partial charge in [-0.15, -0.1) is 0 Å². The summed E-state index contributed by atoms with van der Waals surface area (Å²) in [6, 6.07) is 6.15. The summed E-state index contributed by atoms with van der Waals surface area (Å²) in [5.74, 6) is 0.583. The van der Waals surface area contributed by atoms with Crippen molar-refractivity contribution in [2.75, 3.05) is 18.4 Å². The second-order valence-electron chi connectivity index (χ2n) is 6.32. The first-order chi connectivity index (χ1) is 12.4. The van der Waals surface area contributed by atoms with Crippen LogP contribution in [0, 0.1) is 0 Å². The van der Waals surface area contributed by atoms with Crippen molar-refractivity contribution in [1.29, 1.82) is 0 Å². The first-order valence-corrected chi connectivity index (χ1v) is 8.96. The molecule has 8 heteroatoms. The SMILES string of the molecule is CCc1cc(C2CCNCC2)ccc1Nc1ncc(C(F)(F)F)c(Cl)n1. The van der Waals surface area contributed by atoms with Crippen molar-refractivity contribution >= 4 is 23.2 Å². The van der Waals surface area contributed by atoms with Crippen LogP contribution in [0.4, 0.5) is 24.8 Å². The largest absolute Gasteiger partial charge is 0.420 e. The van der Waals surface area contributed by atoms with E-state index in [9.17, 15) is 13.2 Å². The third-order valence-electron chi connectivity index (χ3n) is 4.61. The van der Waals surface area contributed by atoms with Gasteiger partial charge in [0.1, 0.15) is 10.7 Å². The molecule has 1 aromatic carbocycles. The topological polar surface area (TPSA) is 49.8 Å². The lowest BCUT2D eigenvalue weighted by Gasteiger charge is -2.24. The first kappa shape index (κ1) is 18.9. The molecule has 0 spiro atoms. The smallest absolute Gasteiger partial charge is 0.324 e. The summed E-state index contributed by atoms with van der Waals surface area (Å²) in [5, 5.41) is 5.73. The van der Waals surface area contributed by atoms with Crippen LogP contribution >= 0.6 is 11.6 Å². The highest BCUT2D eigenvalue weighted by atomic mass is 35.5. The summed E-state index contributed by atoms with van der Waals surface area (Å²) in [5.41, 5.74) is 2.10. The average molecular weight is 385 g/mol. The van der Waals surface area contributed by atoms with Crippen LogP contribution in [0.3, 0.4) is 0 Å². The van der Waals surface area contributed by atoms with Crippen LogP contribution < -0.4 is 10.6 Å².